The molecule has 20 heavy (non-hydrogen) atoms. The van der Waals surface area contributed by atoms with E-state index in [1.807, 2.05) is 18.5 Å². The lowest BCUT2D eigenvalue weighted by molar-refractivity contribution is -0.113. The second kappa shape index (κ2) is 6.76. The molecule has 1 aromatic carbocycles. The Morgan fingerprint density at radius 1 is 1.35 bits per heavy atom. The Kier molecular flexibility index (Phi) is 5.03. The van der Waals surface area contributed by atoms with Crippen molar-refractivity contribution in [2.24, 2.45) is 7.05 Å². The van der Waals surface area contributed by atoms with Gasteiger partial charge in [-0.2, -0.15) is 0 Å². The molecule has 0 radical (unpaired) electrons. The molecule has 0 spiro atoms. The van der Waals surface area contributed by atoms with Gasteiger partial charge in [0.05, 0.1) is 5.75 Å². The fraction of sp³-hybridized carbons (Fsp3) is 0.308. The van der Waals surface area contributed by atoms with Gasteiger partial charge < -0.3 is 9.88 Å². The molecule has 0 saturated carbocycles. The monoisotopic (exact) mass is 310 g/mol. The third kappa shape index (κ3) is 3.74. The first-order chi connectivity index (χ1) is 9.60. The van der Waals surface area contributed by atoms with Gasteiger partial charge in [0.25, 0.3) is 0 Å². The van der Waals surface area contributed by atoms with Crippen molar-refractivity contribution >= 4 is 35.0 Å². The number of carbonyl (C=O) groups excluding carboxylic acids is 1. The third-order valence-corrected chi connectivity index (χ3v) is 3.97. The van der Waals surface area contributed by atoms with Crippen molar-refractivity contribution in [2.45, 2.75) is 18.5 Å². The number of aryl methyl sites for hydroxylation is 1. The van der Waals surface area contributed by atoms with Gasteiger partial charge in [-0.05, 0) is 24.3 Å². The molecule has 1 heterocycles. The first kappa shape index (κ1) is 14.9. The average Bonchev–Trinajstić information content (AvgIpc) is 2.79. The number of aromatic nitrogens is 3. The van der Waals surface area contributed by atoms with Crippen LogP contribution >= 0.6 is 23.4 Å². The molecule has 2 rings (SSSR count). The van der Waals surface area contributed by atoms with E-state index in [4.69, 9.17) is 11.6 Å². The molecule has 0 fully saturated rings. The molecule has 2 aromatic rings. The molecule has 0 saturated heterocycles. The molecule has 5 nitrogen and oxygen atoms in total. The number of halogens is 1. The van der Waals surface area contributed by atoms with E-state index >= 15 is 0 Å². The Balaban J connectivity index is 1.88. The lowest BCUT2D eigenvalue weighted by Gasteiger charge is -2.05. The van der Waals surface area contributed by atoms with Gasteiger partial charge in [0.1, 0.15) is 5.82 Å². The molecule has 0 atom stereocenters. The summed E-state index contributed by atoms with van der Waals surface area (Å²) in [6, 6.07) is 7.01. The van der Waals surface area contributed by atoms with Gasteiger partial charge in [-0.1, -0.05) is 30.3 Å². The van der Waals surface area contributed by atoms with Crippen LogP contribution in [-0.4, -0.2) is 26.4 Å². The number of thioether (sulfide) groups is 1. The van der Waals surface area contributed by atoms with Gasteiger partial charge in [-0.3, -0.25) is 4.79 Å². The molecular weight excluding hydrogens is 296 g/mol. The number of rotatable bonds is 5. The number of amides is 1. The Morgan fingerprint density at radius 2 is 2.05 bits per heavy atom. The van der Waals surface area contributed by atoms with E-state index < -0.39 is 0 Å². The Bertz CT molecular complexity index is 597. The first-order valence-electron chi connectivity index (χ1n) is 6.16. The van der Waals surface area contributed by atoms with E-state index in [1.54, 1.807) is 24.3 Å². The minimum atomic E-state index is -0.0848. The maximum Gasteiger partial charge on any atom is 0.234 e. The maximum absolute atomic E-state index is 11.8. The van der Waals surface area contributed by atoms with Crippen LogP contribution in [0.2, 0.25) is 5.02 Å². The number of hydrogen-bond acceptors (Lipinski definition) is 4. The molecule has 0 bridgehead atoms. The zero-order chi connectivity index (χ0) is 14.5. The van der Waals surface area contributed by atoms with Gasteiger partial charge in [0.15, 0.2) is 5.16 Å². The van der Waals surface area contributed by atoms with E-state index in [0.717, 1.165) is 23.1 Å². The quantitative estimate of drug-likeness (QED) is 0.863. The minimum absolute atomic E-state index is 0.0848. The topological polar surface area (TPSA) is 59.8 Å². The summed E-state index contributed by atoms with van der Waals surface area (Å²) < 4.78 is 1.90. The predicted octanol–water partition coefficient (Wildman–Crippen LogP) is 2.76. The molecule has 0 aliphatic heterocycles. The number of nitrogens with one attached hydrogen (secondary N) is 1. The fourth-order valence-corrected chi connectivity index (χ4v) is 2.49. The number of benzene rings is 1. The van der Waals surface area contributed by atoms with E-state index in [1.165, 1.54) is 11.8 Å². The Labute approximate surface area is 126 Å². The summed E-state index contributed by atoms with van der Waals surface area (Å²) in [5, 5.41) is 12.3. The lowest BCUT2D eigenvalue weighted by Crippen LogP contribution is -2.14. The van der Waals surface area contributed by atoms with E-state index in [-0.39, 0.29) is 11.7 Å². The second-order valence-corrected chi connectivity index (χ2v) is 5.53. The first-order valence-corrected chi connectivity index (χ1v) is 7.53. The van der Waals surface area contributed by atoms with Crippen LogP contribution < -0.4 is 5.32 Å². The SMILES string of the molecule is CCc1nnc(SCC(=O)Nc2ccc(Cl)cc2)n1C. The van der Waals surface area contributed by atoms with Crippen LogP contribution in [0.4, 0.5) is 5.69 Å². The van der Waals surface area contributed by atoms with E-state index in [2.05, 4.69) is 15.5 Å². The van der Waals surface area contributed by atoms with E-state index in [9.17, 15) is 4.79 Å². The Morgan fingerprint density at radius 3 is 2.65 bits per heavy atom. The number of carbonyl (C=O) groups is 1. The van der Waals surface area contributed by atoms with Crippen molar-refractivity contribution in [2.75, 3.05) is 11.1 Å². The predicted molar refractivity (Wildman–Crippen MR) is 81.2 cm³/mol. The smallest absolute Gasteiger partial charge is 0.234 e. The third-order valence-electron chi connectivity index (χ3n) is 2.70. The van der Waals surface area contributed by atoms with Gasteiger partial charge in [0.2, 0.25) is 5.91 Å². The molecule has 106 valence electrons. The zero-order valence-corrected chi connectivity index (χ0v) is 12.8. The zero-order valence-electron chi connectivity index (χ0n) is 11.3. The van der Waals surface area contributed by atoms with Crippen LogP contribution in [0, 0.1) is 0 Å². The highest BCUT2D eigenvalue weighted by Gasteiger charge is 2.10. The Hall–Kier alpha value is -1.53. The number of nitrogens with zero attached hydrogens (tertiary/aromatic N) is 3. The van der Waals surface area contributed by atoms with Crippen LogP contribution in [0.5, 0.6) is 0 Å². The largest absolute Gasteiger partial charge is 0.325 e. The summed E-state index contributed by atoms with van der Waals surface area (Å²) in [5.41, 5.74) is 0.729. The highest BCUT2D eigenvalue weighted by atomic mass is 35.5. The summed E-state index contributed by atoms with van der Waals surface area (Å²) in [6.07, 6.45) is 0.820. The molecule has 1 amide bonds. The summed E-state index contributed by atoms with van der Waals surface area (Å²) in [7, 11) is 1.90. The number of hydrogen-bond donors (Lipinski definition) is 1. The lowest BCUT2D eigenvalue weighted by atomic mass is 10.3. The van der Waals surface area contributed by atoms with Gasteiger partial charge in [-0.15, -0.1) is 10.2 Å². The molecule has 7 heteroatoms. The van der Waals surface area contributed by atoms with Crippen molar-refractivity contribution in [1.29, 1.82) is 0 Å². The van der Waals surface area contributed by atoms with Gasteiger partial charge >= 0.3 is 0 Å². The van der Waals surface area contributed by atoms with Crippen LogP contribution in [0.15, 0.2) is 29.4 Å². The van der Waals surface area contributed by atoms with E-state index in [0.29, 0.717) is 5.02 Å². The van der Waals surface area contributed by atoms with Crippen LogP contribution in [0.25, 0.3) is 0 Å². The number of anilines is 1. The van der Waals surface area contributed by atoms with Crippen molar-refractivity contribution < 1.29 is 4.79 Å². The second-order valence-electron chi connectivity index (χ2n) is 4.16. The van der Waals surface area contributed by atoms with Crippen LogP contribution in [0.3, 0.4) is 0 Å². The molecule has 1 N–H and O–H groups in total. The molecule has 1 aromatic heterocycles. The average molecular weight is 311 g/mol. The summed E-state index contributed by atoms with van der Waals surface area (Å²) >= 11 is 7.15. The van der Waals surface area contributed by atoms with Crippen LogP contribution in [-0.2, 0) is 18.3 Å². The van der Waals surface area contributed by atoms with Gasteiger partial charge in [-0.25, -0.2) is 0 Å². The normalized spacial score (nSPS) is 10.6. The standard InChI is InChI=1S/C13H15ClN4OS/c1-3-11-16-17-13(18(11)2)20-8-12(19)15-10-6-4-9(14)5-7-10/h4-7H,3,8H2,1-2H3,(H,15,19). The van der Waals surface area contributed by atoms with Crippen molar-refractivity contribution in [3.05, 3.63) is 35.1 Å². The van der Waals surface area contributed by atoms with Crippen molar-refractivity contribution in [3.63, 3.8) is 0 Å². The molecule has 0 aliphatic carbocycles. The molecule has 0 unspecified atom stereocenters. The fourth-order valence-electron chi connectivity index (χ4n) is 1.64. The summed E-state index contributed by atoms with van der Waals surface area (Å²) in [5.74, 6) is 1.11. The maximum atomic E-state index is 11.8. The highest BCUT2D eigenvalue weighted by molar-refractivity contribution is 7.99. The van der Waals surface area contributed by atoms with Gasteiger partial charge in [0, 0.05) is 24.2 Å². The summed E-state index contributed by atoms with van der Waals surface area (Å²) in [4.78, 5) is 11.8. The van der Waals surface area contributed by atoms with Crippen LogP contribution in [0.1, 0.15) is 12.7 Å². The summed E-state index contributed by atoms with van der Waals surface area (Å²) in [6.45, 7) is 2.02. The van der Waals surface area contributed by atoms with Crippen molar-refractivity contribution in [1.82, 2.24) is 14.8 Å². The molecular formula is C13H15ClN4OS. The minimum Gasteiger partial charge on any atom is -0.325 e. The van der Waals surface area contributed by atoms with Crippen molar-refractivity contribution in [3.8, 4) is 0 Å². The highest BCUT2D eigenvalue weighted by Crippen LogP contribution is 2.17. The molecule has 0 aliphatic rings.